The minimum Gasteiger partial charge on any atom is -0.458 e. The van der Waals surface area contributed by atoms with E-state index in [0.29, 0.717) is 17.8 Å². The van der Waals surface area contributed by atoms with Crippen LogP contribution in [0.25, 0.3) is 0 Å². The fraction of sp³-hybridized carbons (Fsp3) is 0.231. The van der Waals surface area contributed by atoms with Gasteiger partial charge in [-0.05, 0) is 37.0 Å². The number of thioether (sulfide) groups is 1. The normalized spacial score (nSPS) is 17.0. The van der Waals surface area contributed by atoms with Gasteiger partial charge in [-0.1, -0.05) is 60.3 Å². The number of carbonyl (C=O) groups is 2. The van der Waals surface area contributed by atoms with Crippen LogP contribution in [-0.4, -0.2) is 33.5 Å². The lowest BCUT2D eigenvalue weighted by Gasteiger charge is -2.36. The summed E-state index contributed by atoms with van der Waals surface area (Å²) in [6.07, 6.45) is 3.38. The molecule has 7 nitrogen and oxygen atoms in total. The van der Waals surface area contributed by atoms with E-state index in [2.05, 4.69) is 21.9 Å². The van der Waals surface area contributed by atoms with E-state index in [1.807, 2.05) is 66.6 Å². The summed E-state index contributed by atoms with van der Waals surface area (Å²) in [4.78, 5) is 36.8. The Morgan fingerprint density at radius 3 is 2.82 bits per heavy atom. The number of nitrogens with one attached hydrogen (secondary N) is 1. The van der Waals surface area contributed by atoms with Gasteiger partial charge in [0.2, 0.25) is 5.91 Å². The van der Waals surface area contributed by atoms with Gasteiger partial charge in [-0.25, -0.2) is 9.79 Å². The summed E-state index contributed by atoms with van der Waals surface area (Å²) < 4.78 is 5.41. The molecule has 1 aromatic heterocycles. The van der Waals surface area contributed by atoms with Crippen molar-refractivity contribution in [3.05, 3.63) is 101 Å². The minimum absolute atomic E-state index is 0.111. The summed E-state index contributed by atoms with van der Waals surface area (Å²) in [6.45, 7) is 7.91. The Balaban J connectivity index is 1.61. The van der Waals surface area contributed by atoms with E-state index in [9.17, 15) is 9.59 Å². The van der Waals surface area contributed by atoms with Crippen molar-refractivity contribution in [2.75, 3.05) is 6.61 Å². The summed E-state index contributed by atoms with van der Waals surface area (Å²) >= 11 is 1.45. The molecule has 1 unspecified atom stereocenters. The molecule has 2 aliphatic heterocycles. The van der Waals surface area contributed by atoms with Crippen LogP contribution in [0.3, 0.4) is 0 Å². The lowest BCUT2D eigenvalue weighted by molar-refractivity contribution is -0.138. The predicted octanol–water partition coefficient (Wildman–Crippen LogP) is 4.40. The van der Waals surface area contributed by atoms with Crippen LogP contribution in [0.15, 0.2) is 88.7 Å². The maximum atomic E-state index is 13.1. The van der Waals surface area contributed by atoms with E-state index < -0.39 is 12.0 Å². The monoisotopic (exact) mass is 474 g/mol. The van der Waals surface area contributed by atoms with Crippen molar-refractivity contribution in [2.45, 2.75) is 32.9 Å². The van der Waals surface area contributed by atoms with E-state index in [0.717, 1.165) is 27.7 Å². The first-order valence-corrected chi connectivity index (χ1v) is 11.8. The average Bonchev–Trinajstić information content (AvgIpc) is 3.22. The molecule has 34 heavy (non-hydrogen) atoms. The first kappa shape index (κ1) is 23.5. The second-order valence-electron chi connectivity index (χ2n) is 7.97. The van der Waals surface area contributed by atoms with Crippen LogP contribution in [0.4, 0.5) is 0 Å². The highest BCUT2D eigenvalue weighted by Crippen LogP contribution is 2.44. The van der Waals surface area contributed by atoms with Gasteiger partial charge in [-0.15, -0.1) is 0 Å². The summed E-state index contributed by atoms with van der Waals surface area (Å²) in [6, 6.07) is 13.1. The summed E-state index contributed by atoms with van der Waals surface area (Å²) in [5.41, 5.74) is 4.62. The fourth-order valence-electron chi connectivity index (χ4n) is 3.92. The number of rotatable bonds is 8. The van der Waals surface area contributed by atoms with Crippen molar-refractivity contribution in [3.63, 3.8) is 0 Å². The van der Waals surface area contributed by atoms with E-state index in [1.165, 1.54) is 17.8 Å². The zero-order valence-corrected chi connectivity index (χ0v) is 20.0. The molecule has 8 heteroatoms. The van der Waals surface area contributed by atoms with Crippen LogP contribution in [-0.2, 0) is 20.9 Å². The fourth-order valence-corrected chi connectivity index (χ4v) is 4.88. The lowest BCUT2D eigenvalue weighted by Crippen LogP contribution is -2.38. The quantitative estimate of drug-likeness (QED) is 0.451. The third-order valence-corrected chi connectivity index (χ3v) is 6.33. The van der Waals surface area contributed by atoms with Gasteiger partial charge in [0.15, 0.2) is 5.17 Å². The Kier molecular flexibility index (Phi) is 7.27. The molecule has 0 saturated heterocycles. The molecule has 1 atom stereocenters. The molecule has 174 valence electrons. The number of amides is 1. The van der Waals surface area contributed by atoms with Gasteiger partial charge in [-0.3, -0.25) is 9.78 Å². The number of pyridine rings is 1. The third-order valence-electron chi connectivity index (χ3n) is 5.45. The molecular formula is C26H26N4O3S. The number of hydrogen-bond donors (Lipinski definition) is 1. The van der Waals surface area contributed by atoms with Crippen LogP contribution in [0.2, 0.25) is 0 Å². The second kappa shape index (κ2) is 10.5. The number of benzene rings is 1. The SMILES string of the molecule is C=CCOC(=O)C1=C(C)N=C2SC=C(CC(=O)NCc3ccccn3)N2C1c1cccc(C)c1. The van der Waals surface area contributed by atoms with E-state index in [4.69, 9.17) is 4.74 Å². The number of aliphatic imine (C=N–C) groups is 1. The number of hydrogen-bond acceptors (Lipinski definition) is 7. The summed E-state index contributed by atoms with van der Waals surface area (Å²) in [5, 5.41) is 5.58. The molecule has 0 bridgehead atoms. The molecule has 0 radical (unpaired) electrons. The summed E-state index contributed by atoms with van der Waals surface area (Å²) in [5.74, 6) is -0.577. The smallest absolute Gasteiger partial charge is 0.338 e. The highest BCUT2D eigenvalue weighted by Gasteiger charge is 2.41. The molecule has 0 aliphatic carbocycles. The first-order chi connectivity index (χ1) is 16.5. The van der Waals surface area contributed by atoms with Crippen molar-refractivity contribution in [3.8, 4) is 0 Å². The number of allylic oxidation sites excluding steroid dienone is 1. The van der Waals surface area contributed by atoms with Crippen molar-refractivity contribution < 1.29 is 14.3 Å². The van der Waals surface area contributed by atoms with Gasteiger partial charge >= 0.3 is 5.97 Å². The number of fused-ring (bicyclic) bond motifs is 1. The van der Waals surface area contributed by atoms with Crippen molar-refractivity contribution in [1.29, 1.82) is 0 Å². The predicted molar refractivity (Wildman–Crippen MR) is 133 cm³/mol. The first-order valence-electron chi connectivity index (χ1n) is 10.9. The van der Waals surface area contributed by atoms with Gasteiger partial charge in [0.25, 0.3) is 0 Å². The molecule has 1 amide bonds. The van der Waals surface area contributed by atoms with Crippen LogP contribution in [0.5, 0.6) is 0 Å². The van der Waals surface area contributed by atoms with Crippen molar-refractivity contribution in [1.82, 2.24) is 15.2 Å². The largest absolute Gasteiger partial charge is 0.458 e. The molecule has 0 fully saturated rings. The number of nitrogens with zero attached hydrogens (tertiary/aromatic N) is 3. The number of aryl methyl sites for hydroxylation is 1. The van der Waals surface area contributed by atoms with Crippen LogP contribution >= 0.6 is 11.8 Å². The molecule has 2 aliphatic rings. The Morgan fingerprint density at radius 1 is 1.24 bits per heavy atom. The van der Waals surface area contributed by atoms with Crippen molar-refractivity contribution in [2.24, 2.45) is 4.99 Å². The topological polar surface area (TPSA) is 83.9 Å². The number of esters is 1. The molecule has 2 aromatic rings. The van der Waals surface area contributed by atoms with Gasteiger partial charge in [0.05, 0.1) is 36.0 Å². The zero-order chi connectivity index (χ0) is 24.1. The van der Waals surface area contributed by atoms with Crippen LogP contribution in [0, 0.1) is 6.92 Å². The van der Waals surface area contributed by atoms with Crippen LogP contribution < -0.4 is 5.32 Å². The minimum atomic E-state index is -0.449. The lowest BCUT2D eigenvalue weighted by atomic mass is 9.93. The Labute approximate surface area is 203 Å². The number of aromatic nitrogens is 1. The van der Waals surface area contributed by atoms with E-state index in [-0.39, 0.29) is 18.9 Å². The maximum Gasteiger partial charge on any atom is 0.338 e. The third kappa shape index (κ3) is 5.12. The molecule has 1 aromatic carbocycles. The summed E-state index contributed by atoms with van der Waals surface area (Å²) in [7, 11) is 0. The Morgan fingerprint density at radius 2 is 2.09 bits per heavy atom. The molecular weight excluding hydrogens is 448 g/mol. The maximum absolute atomic E-state index is 13.1. The van der Waals surface area contributed by atoms with Gasteiger partial charge in [0.1, 0.15) is 6.61 Å². The Bertz CT molecular complexity index is 1200. The Hall–Kier alpha value is -3.65. The van der Waals surface area contributed by atoms with E-state index >= 15 is 0 Å². The molecule has 1 N–H and O–H groups in total. The molecule has 3 heterocycles. The zero-order valence-electron chi connectivity index (χ0n) is 19.2. The van der Waals surface area contributed by atoms with Gasteiger partial charge in [-0.2, -0.15) is 0 Å². The van der Waals surface area contributed by atoms with Crippen LogP contribution in [0.1, 0.15) is 36.2 Å². The molecule has 0 saturated carbocycles. The highest BCUT2D eigenvalue weighted by atomic mass is 32.2. The molecule has 4 rings (SSSR count). The van der Waals surface area contributed by atoms with Gasteiger partial charge in [0, 0.05) is 11.9 Å². The van der Waals surface area contributed by atoms with Gasteiger partial charge < -0.3 is 15.0 Å². The molecule has 0 spiro atoms. The average molecular weight is 475 g/mol. The number of carbonyl (C=O) groups excluding carboxylic acids is 2. The number of amidine groups is 1. The second-order valence-corrected chi connectivity index (χ2v) is 8.81. The van der Waals surface area contributed by atoms with E-state index in [1.54, 1.807) is 6.20 Å². The van der Waals surface area contributed by atoms with Crippen molar-refractivity contribution >= 4 is 28.8 Å². The standard InChI is InChI=1S/C26H26N4O3S/c1-4-12-33-25(32)23-18(3)29-26-30(24(23)19-9-7-8-17(2)13-19)21(16-34-26)14-22(31)28-15-20-10-5-6-11-27-20/h4-11,13,16,24H,1,12,14-15H2,2-3H3,(H,28,31). The highest BCUT2D eigenvalue weighted by molar-refractivity contribution is 8.16. The number of ether oxygens (including phenoxy) is 1.